The number of hydrogen-bond acceptors (Lipinski definition) is 3. The number of aliphatic hydroxyl groups is 1. The third-order valence-electron chi connectivity index (χ3n) is 3.27. The fourth-order valence-electron chi connectivity index (χ4n) is 2.18. The van der Waals surface area contributed by atoms with Crippen molar-refractivity contribution in [3.63, 3.8) is 0 Å². The van der Waals surface area contributed by atoms with E-state index >= 15 is 0 Å². The molecule has 100 valence electrons. The van der Waals surface area contributed by atoms with E-state index in [4.69, 9.17) is 4.74 Å². The number of carbonyl (C=O) groups is 1. The lowest BCUT2D eigenvalue weighted by Gasteiger charge is -2.19. The predicted molar refractivity (Wildman–Crippen MR) is 74.7 cm³/mol. The molecular formula is C16H18O3. The molecule has 0 aliphatic rings. The molecule has 0 bridgehead atoms. The summed E-state index contributed by atoms with van der Waals surface area (Å²) in [5, 5.41) is 12.4. The van der Waals surface area contributed by atoms with E-state index in [1.807, 2.05) is 42.5 Å². The Kier molecular flexibility index (Phi) is 4.17. The van der Waals surface area contributed by atoms with Crippen molar-refractivity contribution in [3.05, 3.63) is 48.0 Å². The molecule has 0 radical (unpaired) electrons. The molecule has 0 saturated carbocycles. The summed E-state index contributed by atoms with van der Waals surface area (Å²) in [6, 6.07) is 13.5. The van der Waals surface area contributed by atoms with Gasteiger partial charge in [-0.2, -0.15) is 0 Å². The molecule has 0 spiro atoms. The maximum atomic E-state index is 11.7. The standard InChI is InChI=1S/C16H18O3/c1-3-19-16(18)11(2)15(17)14-10-6-8-12-7-4-5-9-13(12)14/h4-11,15,17H,3H2,1-2H3/t11-,15-/m1/s1. The summed E-state index contributed by atoms with van der Waals surface area (Å²) in [5.74, 6) is -0.950. The zero-order valence-electron chi connectivity index (χ0n) is 11.2. The van der Waals surface area contributed by atoms with Gasteiger partial charge >= 0.3 is 5.97 Å². The normalized spacial score (nSPS) is 14.1. The van der Waals surface area contributed by atoms with Gasteiger partial charge in [-0.3, -0.25) is 4.79 Å². The molecule has 0 amide bonds. The van der Waals surface area contributed by atoms with Gasteiger partial charge in [-0.05, 0) is 30.2 Å². The van der Waals surface area contributed by atoms with Crippen molar-refractivity contribution in [1.29, 1.82) is 0 Å². The number of fused-ring (bicyclic) bond motifs is 1. The first-order chi connectivity index (χ1) is 9.15. The molecule has 1 N–H and O–H groups in total. The minimum atomic E-state index is -0.856. The molecule has 0 heterocycles. The maximum Gasteiger partial charge on any atom is 0.311 e. The van der Waals surface area contributed by atoms with Crippen LogP contribution in [-0.2, 0) is 9.53 Å². The number of benzene rings is 2. The Morgan fingerprint density at radius 3 is 2.63 bits per heavy atom. The van der Waals surface area contributed by atoms with Crippen molar-refractivity contribution in [1.82, 2.24) is 0 Å². The Labute approximate surface area is 112 Å². The van der Waals surface area contributed by atoms with Crippen LogP contribution in [0.3, 0.4) is 0 Å². The van der Waals surface area contributed by atoms with Crippen LogP contribution in [0, 0.1) is 5.92 Å². The third-order valence-corrected chi connectivity index (χ3v) is 3.27. The topological polar surface area (TPSA) is 46.5 Å². The average molecular weight is 258 g/mol. The molecule has 2 aromatic carbocycles. The zero-order valence-corrected chi connectivity index (χ0v) is 11.2. The number of esters is 1. The number of hydrogen-bond donors (Lipinski definition) is 1. The second-order valence-corrected chi connectivity index (χ2v) is 4.55. The Hall–Kier alpha value is -1.87. The van der Waals surface area contributed by atoms with Gasteiger partial charge in [-0.15, -0.1) is 0 Å². The number of rotatable bonds is 4. The highest BCUT2D eigenvalue weighted by atomic mass is 16.5. The van der Waals surface area contributed by atoms with Gasteiger partial charge in [0.25, 0.3) is 0 Å². The molecule has 0 saturated heterocycles. The fourth-order valence-corrected chi connectivity index (χ4v) is 2.18. The second kappa shape index (κ2) is 5.85. The van der Waals surface area contributed by atoms with Gasteiger partial charge in [0, 0.05) is 0 Å². The fraction of sp³-hybridized carbons (Fsp3) is 0.312. The first kappa shape index (κ1) is 13.6. The predicted octanol–water partition coefficient (Wildman–Crippen LogP) is 3.07. The van der Waals surface area contributed by atoms with Crippen LogP contribution in [0.5, 0.6) is 0 Å². The molecule has 2 rings (SSSR count). The number of ether oxygens (including phenoxy) is 1. The summed E-state index contributed by atoms with van der Waals surface area (Å²) in [4.78, 5) is 11.7. The van der Waals surface area contributed by atoms with Crippen molar-refractivity contribution in [2.24, 2.45) is 5.92 Å². The van der Waals surface area contributed by atoms with Crippen LogP contribution in [0.1, 0.15) is 25.5 Å². The molecule has 2 aromatic rings. The van der Waals surface area contributed by atoms with Gasteiger partial charge in [0.15, 0.2) is 0 Å². The lowest BCUT2D eigenvalue weighted by molar-refractivity contribution is -0.151. The van der Waals surface area contributed by atoms with Gasteiger partial charge in [0.2, 0.25) is 0 Å². The summed E-state index contributed by atoms with van der Waals surface area (Å²) in [6.45, 7) is 3.77. The Morgan fingerprint density at radius 1 is 1.21 bits per heavy atom. The van der Waals surface area contributed by atoms with Crippen LogP contribution >= 0.6 is 0 Å². The maximum absolute atomic E-state index is 11.7. The van der Waals surface area contributed by atoms with Gasteiger partial charge < -0.3 is 9.84 Å². The summed E-state index contributed by atoms with van der Waals surface area (Å²) in [5.41, 5.74) is 0.763. The van der Waals surface area contributed by atoms with E-state index in [9.17, 15) is 9.90 Å². The lowest BCUT2D eigenvalue weighted by Crippen LogP contribution is -2.21. The highest BCUT2D eigenvalue weighted by Gasteiger charge is 2.25. The van der Waals surface area contributed by atoms with Crippen LogP contribution in [0.4, 0.5) is 0 Å². The molecular weight excluding hydrogens is 240 g/mol. The summed E-state index contributed by atoms with van der Waals surface area (Å²) >= 11 is 0. The molecule has 3 nitrogen and oxygen atoms in total. The Morgan fingerprint density at radius 2 is 1.89 bits per heavy atom. The van der Waals surface area contributed by atoms with E-state index in [-0.39, 0.29) is 5.97 Å². The quantitative estimate of drug-likeness (QED) is 0.857. The molecule has 3 heteroatoms. The molecule has 19 heavy (non-hydrogen) atoms. The Balaban J connectivity index is 2.36. The summed E-state index contributed by atoms with van der Waals surface area (Å²) in [7, 11) is 0. The molecule has 0 fully saturated rings. The van der Waals surface area contributed by atoms with Crippen molar-refractivity contribution in [3.8, 4) is 0 Å². The number of aliphatic hydroxyl groups excluding tert-OH is 1. The van der Waals surface area contributed by atoms with Gasteiger partial charge in [-0.25, -0.2) is 0 Å². The van der Waals surface area contributed by atoms with Crippen molar-refractivity contribution < 1.29 is 14.6 Å². The van der Waals surface area contributed by atoms with Gasteiger partial charge in [0.1, 0.15) is 0 Å². The third kappa shape index (κ3) is 2.76. The molecule has 0 unspecified atom stereocenters. The van der Waals surface area contributed by atoms with E-state index in [0.29, 0.717) is 6.61 Å². The monoisotopic (exact) mass is 258 g/mol. The largest absolute Gasteiger partial charge is 0.466 e. The van der Waals surface area contributed by atoms with Crippen LogP contribution in [0.15, 0.2) is 42.5 Å². The lowest BCUT2D eigenvalue weighted by atomic mass is 9.93. The first-order valence-electron chi connectivity index (χ1n) is 6.47. The molecule has 0 aliphatic carbocycles. The van der Waals surface area contributed by atoms with Crippen molar-refractivity contribution >= 4 is 16.7 Å². The smallest absolute Gasteiger partial charge is 0.311 e. The minimum Gasteiger partial charge on any atom is -0.466 e. The second-order valence-electron chi connectivity index (χ2n) is 4.55. The van der Waals surface area contributed by atoms with Crippen LogP contribution in [-0.4, -0.2) is 17.7 Å². The molecule has 2 atom stereocenters. The SMILES string of the molecule is CCOC(=O)[C@H](C)[C@@H](O)c1cccc2ccccc12. The zero-order chi connectivity index (χ0) is 13.8. The van der Waals surface area contributed by atoms with Gasteiger partial charge in [0.05, 0.1) is 18.6 Å². The first-order valence-corrected chi connectivity index (χ1v) is 6.47. The van der Waals surface area contributed by atoms with Crippen molar-refractivity contribution in [2.45, 2.75) is 20.0 Å². The average Bonchev–Trinajstić information content (AvgIpc) is 2.45. The van der Waals surface area contributed by atoms with E-state index in [1.165, 1.54) is 0 Å². The van der Waals surface area contributed by atoms with Crippen molar-refractivity contribution in [2.75, 3.05) is 6.61 Å². The Bertz CT molecular complexity index is 572. The van der Waals surface area contributed by atoms with E-state index in [0.717, 1.165) is 16.3 Å². The highest BCUT2D eigenvalue weighted by molar-refractivity contribution is 5.86. The molecule has 0 aromatic heterocycles. The summed E-state index contributed by atoms with van der Waals surface area (Å²) in [6.07, 6.45) is -0.856. The number of carbonyl (C=O) groups excluding carboxylic acids is 1. The molecule has 0 aliphatic heterocycles. The van der Waals surface area contributed by atoms with Crippen LogP contribution in [0.2, 0.25) is 0 Å². The van der Waals surface area contributed by atoms with E-state index in [2.05, 4.69) is 0 Å². The highest BCUT2D eigenvalue weighted by Crippen LogP contribution is 2.29. The van der Waals surface area contributed by atoms with E-state index < -0.39 is 12.0 Å². The van der Waals surface area contributed by atoms with Gasteiger partial charge in [-0.1, -0.05) is 42.5 Å². The van der Waals surface area contributed by atoms with E-state index in [1.54, 1.807) is 13.8 Å². The van der Waals surface area contributed by atoms with Crippen LogP contribution < -0.4 is 0 Å². The minimum absolute atomic E-state index is 0.325. The summed E-state index contributed by atoms with van der Waals surface area (Å²) < 4.78 is 4.96. The van der Waals surface area contributed by atoms with Crippen LogP contribution in [0.25, 0.3) is 10.8 Å².